The second kappa shape index (κ2) is 16.4. The van der Waals surface area contributed by atoms with E-state index in [-0.39, 0.29) is 0 Å². The molecule has 1 aromatic heterocycles. The highest BCUT2D eigenvalue weighted by atomic mass is 16.3. The summed E-state index contributed by atoms with van der Waals surface area (Å²) in [6.07, 6.45) is 0. The molecule has 0 radical (unpaired) electrons. The monoisotopic (exact) mass is 965 g/mol. The van der Waals surface area contributed by atoms with E-state index in [0.29, 0.717) is 0 Å². The first-order valence-electron chi connectivity index (χ1n) is 26.4. The van der Waals surface area contributed by atoms with Crippen LogP contribution >= 0.6 is 0 Å². The van der Waals surface area contributed by atoms with Crippen LogP contribution in [0.25, 0.3) is 76.5 Å². The first-order chi connectivity index (χ1) is 37.7. The second-order valence-electron chi connectivity index (χ2n) is 20.6. The Labute approximate surface area is 441 Å². The normalized spacial score (nSPS) is 13.7. The van der Waals surface area contributed by atoms with Crippen molar-refractivity contribution in [1.29, 1.82) is 0 Å². The van der Waals surface area contributed by atoms with E-state index >= 15 is 0 Å². The minimum Gasteiger partial charge on any atom is -0.456 e. The zero-order valence-electron chi connectivity index (χ0n) is 41.5. The maximum atomic E-state index is 6.57. The van der Waals surface area contributed by atoms with Crippen molar-refractivity contribution in [3.8, 4) is 22.3 Å². The summed E-state index contributed by atoms with van der Waals surface area (Å²) in [5.41, 5.74) is 18.9. The van der Waals surface area contributed by atoms with E-state index < -0.39 is 10.8 Å². The Morgan fingerprint density at radius 2 is 0.645 bits per heavy atom. The van der Waals surface area contributed by atoms with Gasteiger partial charge in [-0.1, -0.05) is 237 Å². The Hall–Kier alpha value is -9.76. The van der Waals surface area contributed by atoms with E-state index in [4.69, 9.17) is 4.42 Å². The molecule has 2 aliphatic carbocycles. The van der Waals surface area contributed by atoms with Gasteiger partial charge in [0.1, 0.15) is 11.2 Å². The number of para-hydroxylation sites is 1. The van der Waals surface area contributed by atoms with Gasteiger partial charge in [0.2, 0.25) is 0 Å². The Morgan fingerprint density at radius 1 is 0.250 bits per heavy atom. The Morgan fingerprint density at radius 3 is 1.16 bits per heavy atom. The summed E-state index contributed by atoms with van der Waals surface area (Å²) in [5, 5.41) is 9.47. The number of hydrogen-bond acceptors (Lipinski definition) is 2. The van der Waals surface area contributed by atoms with Gasteiger partial charge in [0, 0.05) is 32.9 Å². The molecule has 0 unspecified atom stereocenters. The molecule has 0 saturated carbocycles. The molecule has 1 heterocycles. The Balaban J connectivity index is 1.04. The predicted molar refractivity (Wildman–Crippen MR) is 316 cm³/mol. The van der Waals surface area contributed by atoms with Gasteiger partial charge in [-0.15, -0.1) is 0 Å². The van der Waals surface area contributed by atoms with Gasteiger partial charge in [-0.2, -0.15) is 0 Å². The van der Waals surface area contributed by atoms with Crippen molar-refractivity contribution < 1.29 is 4.42 Å². The number of nitrogens with zero attached hydrogens (tertiary/aromatic N) is 1. The molecule has 0 saturated heterocycles. The van der Waals surface area contributed by atoms with Gasteiger partial charge in [0.15, 0.2) is 0 Å². The van der Waals surface area contributed by atoms with Crippen LogP contribution in [0.5, 0.6) is 0 Å². The van der Waals surface area contributed by atoms with Crippen LogP contribution in [-0.2, 0) is 10.8 Å². The van der Waals surface area contributed by atoms with Gasteiger partial charge >= 0.3 is 0 Å². The van der Waals surface area contributed by atoms with Crippen LogP contribution in [0, 0.1) is 0 Å². The lowest BCUT2D eigenvalue weighted by atomic mass is 9.67. The topological polar surface area (TPSA) is 16.4 Å². The molecule has 2 aliphatic rings. The number of hydrogen-bond donors (Lipinski definition) is 0. The van der Waals surface area contributed by atoms with Crippen molar-refractivity contribution in [2.24, 2.45) is 0 Å². The van der Waals surface area contributed by atoms with Gasteiger partial charge in [-0.25, -0.2) is 0 Å². The van der Waals surface area contributed by atoms with Crippen LogP contribution in [0.1, 0.15) is 44.5 Å². The summed E-state index contributed by atoms with van der Waals surface area (Å²) in [6.45, 7) is 0. The standard InChI is InChI=1S/C74H47NO/c1-5-22-48(23-6-1)73(49-24-7-2-8-25-49)63-36-18-15-30-54(63)56-42-40-52(46-65(56)73)75(53-41-43-57-55-31-16-19-37-64(55)74(66(57)47-53,50-26-9-3-10-27-50)51-28-11-4-12-29-51)67-38-21-35-59-61-44-45-69-72(62-34-17-20-39-68(62)76-69)71(61)60-33-14-13-32-58(60)70(59)67/h1-47H. The first kappa shape index (κ1) is 42.7. The third-order valence-electron chi connectivity index (χ3n) is 17.0. The summed E-state index contributed by atoms with van der Waals surface area (Å²) in [5.74, 6) is 0. The third kappa shape index (κ3) is 5.76. The lowest BCUT2D eigenvalue weighted by molar-refractivity contribution is 0.669. The maximum Gasteiger partial charge on any atom is 0.136 e. The molecular weight excluding hydrogens is 919 g/mol. The fraction of sp³-hybridized carbons (Fsp3) is 0.0270. The van der Waals surface area contributed by atoms with Gasteiger partial charge in [-0.3, -0.25) is 0 Å². The molecule has 0 atom stereocenters. The average molecular weight is 966 g/mol. The highest BCUT2D eigenvalue weighted by Gasteiger charge is 2.48. The van der Waals surface area contributed by atoms with Gasteiger partial charge in [-0.05, 0) is 137 Å². The number of anilines is 3. The van der Waals surface area contributed by atoms with Gasteiger partial charge < -0.3 is 9.32 Å². The molecule has 2 heteroatoms. The minimum atomic E-state index is -0.591. The van der Waals surface area contributed by atoms with E-state index in [1.165, 1.54) is 99.1 Å². The third-order valence-corrected chi connectivity index (χ3v) is 17.0. The van der Waals surface area contributed by atoms with E-state index in [1.807, 2.05) is 0 Å². The van der Waals surface area contributed by atoms with Gasteiger partial charge in [0.05, 0.1) is 16.5 Å². The van der Waals surface area contributed by atoms with E-state index in [1.54, 1.807) is 0 Å². The van der Waals surface area contributed by atoms with Crippen molar-refractivity contribution in [3.63, 3.8) is 0 Å². The molecule has 76 heavy (non-hydrogen) atoms. The second-order valence-corrected chi connectivity index (χ2v) is 20.6. The van der Waals surface area contributed by atoms with Crippen LogP contribution < -0.4 is 4.90 Å². The van der Waals surface area contributed by atoms with Crippen LogP contribution in [0.2, 0.25) is 0 Å². The predicted octanol–water partition coefficient (Wildman–Crippen LogP) is 19.2. The fourth-order valence-corrected chi connectivity index (χ4v) is 14.0. The Bertz CT molecular complexity index is 4340. The minimum absolute atomic E-state index is 0.591. The molecule has 0 spiro atoms. The molecule has 0 bridgehead atoms. The molecular formula is C74H47NO. The molecule has 14 aromatic rings. The summed E-state index contributed by atoms with van der Waals surface area (Å²) in [6, 6.07) is 106. The summed E-state index contributed by atoms with van der Waals surface area (Å²) in [7, 11) is 0. The van der Waals surface area contributed by atoms with Crippen LogP contribution in [-0.4, -0.2) is 0 Å². The smallest absolute Gasteiger partial charge is 0.136 e. The van der Waals surface area contributed by atoms with Crippen molar-refractivity contribution in [2.45, 2.75) is 10.8 Å². The zero-order chi connectivity index (χ0) is 50.0. The summed E-state index contributed by atoms with van der Waals surface area (Å²) >= 11 is 0. The number of furan rings is 1. The van der Waals surface area contributed by atoms with Crippen molar-refractivity contribution in [2.75, 3.05) is 4.90 Å². The highest BCUT2D eigenvalue weighted by Crippen LogP contribution is 2.60. The fourth-order valence-electron chi connectivity index (χ4n) is 14.0. The van der Waals surface area contributed by atoms with E-state index in [0.717, 1.165) is 39.0 Å². The van der Waals surface area contributed by atoms with Crippen molar-refractivity contribution in [3.05, 3.63) is 330 Å². The molecule has 16 rings (SSSR count). The number of benzene rings is 13. The quantitative estimate of drug-likeness (QED) is 0.148. The number of rotatable bonds is 7. The van der Waals surface area contributed by atoms with Crippen molar-refractivity contribution >= 4 is 71.3 Å². The summed E-state index contributed by atoms with van der Waals surface area (Å²) < 4.78 is 6.57. The average Bonchev–Trinajstić information content (AvgIpc) is 4.30. The molecule has 0 fully saturated rings. The number of fused-ring (bicyclic) bond motifs is 16. The maximum absolute atomic E-state index is 6.57. The largest absolute Gasteiger partial charge is 0.456 e. The summed E-state index contributed by atoms with van der Waals surface area (Å²) in [4.78, 5) is 2.57. The van der Waals surface area contributed by atoms with E-state index in [2.05, 4.69) is 290 Å². The Kier molecular flexibility index (Phi) is 9.20. The van der Waals surface area contributed by atoms with Crippen molar-refractivity contribution in [1.82, 2.24) is 0 Å². The zero-order valence-corrected chi connectivity index (χ0v) is 41.5. The molecule has 13 aromatic carbocycles. The van der Waals surface area contributed by atoms with Gasteiger partial charge in [0.25, 0.3) is 0 Å². The first-order valence-corrected chi connectivity index (χ1v) is 26.4. The lowest BCUT2D eigenvalue weighted by Crippen LogP contribution is -2.29. The van der Waals surface area contributed by atoms with Crippen LogP contribution in [0.3, 0.4) is 0 Å². The molecule has 0 N–H and O–H groups in total. The van der Waals surface area contributed by atoms with Crippen LogP contribution in [0.4, 0.5) is 17.1 Å². The molecule has 0 aliphatic heterocycles. The molecule has 2 nitrogen and oxygen atoms in total. The van der Waals surface area contributed by atoms with Crippen LogP contribution in [0.15, 0.2) is 290 Å². The lowest BCUT2D eigenvalue weighted by Gasteiger charge is -2.36. The molecule has 0 amide bonds. The SMILES string of the molecule is c1ccc(C2(c3ccccc3)c3ccccc3-c3ccc(N(c4ccc5c(c4)C(c4ccccc4)(c4ccccc4)c4ccccc4-5)c4cccc5c6ccc7oc8ccccc8c7c6c6ccccc6c45)cc32)cc1. The van der Waals surface area contributed by atoms with E-state index in [9.17, 15) is 0 Å². The molecule has 354 valence electrons. The highest BCUT2D eigenvalue weighted by molar-refractivity contribution is 6.36.